The normalized spacial score (nSPS) is 47.2. The van der Waals surface area contributed by atoms with Crippen LogP contribution in [0.4, 0.5) is 0 Å². The van der Waals surface area contributed by atoms with Gasteiger partial charge in [-0.3, -0.25) is 9.69 Å². The molecule has 2 bridgehead atoms. The van der Waals surface area contributed by atoms with Crippen molar-refractivity contribution in [3.63, 3.8) is 0 Å². The third-order valence-corrected chi connectivity index (χ3v) is 3.63. The molecule has 13 heavy (non-hydrogen) atoms. The molecule has 0 N–H and O–H groups in total. The van der Waals surface area contributed by atoms with Crippen molar-refractivity contribution in [3.05, 3.63) is 0 Å². The van der Waals surface area contributed by atoms with Crippen molar-refractivity contribution < 1.29 is 9.53 Å². The average Bonchev–Trinajstić information content (AvgIpc) is 2.70. The van der Waals surface area contributed by atoms with Gasteiger partial charge in [0.05, 0.1) is 24.3 Å². The standard InChI is InChI=1S/C9H14N2O2/c1-10(5-12)8-7-4-11-3-2-6(13-7)9(8)11/h5-9H,2-4H2,1H3/t6-,7-,8-,9?/m0/s1. The second-order valence-corrected chi connectivity index (χ2v) is 4.25. The fourth-order valence-electron chi connectivity index (χ4n) is 3.13. The van der Waals surface area contributed by atoms with E-state index in [0.29, 0.717) is 18.2 Å². The van der Waals surface area contributed by atoms with Gasteiger partial charge in [0.2, 0.25) is 6.41 Å². The fourth-order valence-corrected chi connectivity index (χ4v) is 3.13. The molecular formula is C9H14N2O2. The number of carbonyl (C=O) groups excluding carboxylic acids is 1. The van der Waals surface area contributed by atoms with Crippen LogP contribution in [0, 0.1) is 0 Å². The van der Waals surface area contributed by atoms with E-state index in [9.17, 15) is 4.79 Å². The highest BCUT2D eigenvalue weighted by atomic mass is 16.5. The van der Waals surface area contributed by atoms with E-state index in [1.807, 2.05) is 7.05 Å². The van der Waals surface area contributed by atoms with Crippen LogP contribution in [0.25, 0.3) is 0 Å². The monoisotopic (exact) mass is 182 g/mol. The van der Waals surface area contributed by atoms with E-state index >= 15 is 0 Å². The molecule has 0 saturated carbocycles. The molecule has 1 unspecified atom stereocenters. The molecule has 3 aliphatic heterocycles. The molecule has 4 atom stereocenters. The first-order valence-corrected chi connectivity index (χ1v) is 4.88. The van der Waals surface area contributed by atoms with Crippen molar-refractivity contribution in [1.82, 2.24) is 9.80 Å². The summed E-state index contributed by atoms with van der Waals surface area (Å²) < 4.78 is 5.84. The van der Waals surface area contributed by atoms with Gasteiger partial charge in [0, 0.05) is 20.1 Å². The molecule has 0 aromatic carbocycles. The zero-order valence-corrected chi connectivity index (χ0v) is 7.72. The summed E-state index contributed by atoms with van der Waals surface area (Å²) in [7, 11) is 1.86. The van der Waals surface area contributed by atoms with Crippen molar-refractivity contribution in [3.8, 4) is 0 Å². The number of ether oxygens (including phenoxy) is 1. The second-order valence-electron chi connectivity index (χ2n) is 4.25. The first-order valence-electron chi connectivity index (χ1n) is 4.88. The van der Waals surface area contributed by atoms with Gasteiger partial charge in [0.25, 0.3) is 0 Å². The van der Waals surface area contributed by atoms with Gasteiger partial charge in [-0.25, -0.2) is 0 Å². The molecule has 0 aromatic heterocycles. The minimum atomic E-state index is 0.271. The Kier molecular flexibility index (Phi) is 1.46. The van der Waals surface area contributed by atoms with Crippen molar-refractivity contribution in [1.29, 1.82) is 0 Å². The van der Waals surface area contributed by atoms with Crippen LogP contribution < -0.4 is 0 Å². The van der Waals surface area contributed by atoms with Gasteiger partial charge in [-0.05, 0) is 6.42 Å². The highest BCUT2D eigenvalue weighted by molar-refractivity contribution is 5.48. The first-order chi connectivity index (χ1) is 6.31. The highest BCUT2D eigenvalue weighted by Crippen LogP contribution is 2.41. The fraction of sp³-hybridized carbons (Fsp3) is 0.889. The zero-order valence-electron chi connectivity index (χ0n) is 7.72. The van der Waals surface area contributed by atoms with E-state index in [4.69, 9.17) is 4.74 Å². The number of amides is 1. The van der Waals surface area contributed by atoms with Crippen LogP contribution in [0.15, 0.2) is 0 Å². The van der Waals surface area contributed by atoms with Gasteiger partial charge in [-0.1, -0.05) is 0 Å². The van der Waals surface area contributed by atoms with E-state index in [1.165, 1.54) is 0 Å². The summed E-state index contributed by atoms with van der Waals surface area (Å²) in [4.78, 5) is 14.9. The summed E-state index contributed by atoms with van der Waals surface area (Å²) in [6.07, 6.45) is 2.73. The van der Waals surface area contributed by atoms with Gasteiger partial charge < -0.3 is 9.64 Å². The number of carbonyl (C=O) groups is 1. The Labute approximate surface area is 77.4 Å². The van der Waals surface area contributed by atoms with Gasteiger partial charge >= 0.3 is 0 Å². The summed E-state index contributed by atoms with van der Waals surface area (Å²) in [6.45, 7) is 2.17. The lowest BCUT2D eigenvalue weighted by molar-refractivity contribution is -0.119. The maximum absolute atomic E-state index is 10.7. The van der Waals surface area contributed by atoms with E-state index in [1.54, 1.807) is 4.90 Å². The largest absolute Gasteiger partial charge is 0.370 e. The molecule has 3 heterocycles. The quantitative estimate of drug-likeness (QED) is 0.529. The van der Waals surface area contributed by atoms with Crippen molar-refractivity contribution in [2.24, 2.45) is 0 Å². The minimum Gasteiger partial charge on any atom is -0.370 e. The Morgan fingerprint density at radius 1 is 1.54 bits per heavy atom. The van der Waals surface area contributed by atoms with Crippen LogP contribution in [-0.2, 0) is 9.53 Å². The zero-order chi connectivity index (χ0) is 9.00. The highest BCUT2D eigenvalue weighted by Gasteiger charge is 2.58. The van der Waals surface area contributed by atoms with Crippen LogP contribution in [0.5, 0.6) is 0 Å². The predicted octanol–water partition coefficient (Wildman–Crippen LogP) is -0.701. The molecule has 0 radical (unpaired) electrons. The Bertz CT molecular complexity index is 232. The number of hydrogen-bond donors (Lipinski definition) is 0. The maximum atomic E-state index is 10.7. The van der Waals surface area contributed by atoms with Crippen molar-refractivity contribution in [2.75, 3.05) is 20.1 Å². The van der Waals surface area contributed by atoms with E-state index in [0.717, 1.165) is 25.9 Å². The third-order valence-electron chi connectivity index (χ3n) is 3.63. The molecule has 0 aliphatic carbocycles. The molecule has 0 spiro atoms. The van der Waals surface area contributed by atoms with Crippen LogP contribution in [0.1, 0.15) is 6.42 Å². The minimum absolute atomic E-state index is 0.271. The smallest absolute Gasteiger partial charge is 0.209 e. The molecule has 3 aliphatic rings. The Morgan fingerprint density at radius 3 is 3.08 bits per heavy atom. The maximum Gasteiger partial charge on any atom is 0.209 e. The van der Waals surface area contributed by atoms with Gasteiger partial charge in [-0.2, -0.15) is 0 Å². The van der Waals surface area contributed by atoms with E-state index in [2.05, 4.69) is 4.90 Å². The second kappa shape index (κ2) is 2.45. The summed E-state index contributed by atoms with van der Waals surface area (Å²) in [6, 6.07) is 0.796. The lowest BCUT2D eigenvalue weighted by Crippen LogP contribution is -2.42. The Balaban J connectivity index is 1.89. The molecule has 1 amide bonds. The average molecular weight is 182 g/mol. The molecule has 3 fully saturated rings. The lowest BCUT2D eigenvalue weighted by Gasteiger charge is -2.24. The van der Waals surface area contributed by atoms with Crippen LogP contribution in [0.3, 0.4) is 0 Å². The number of fused-ring (bicyclic) bond motifs is 1. The third kappa shape index (κ3) is 0.849. The van der Waals surface area contributed by atoms with Crippen LogP contribution in [-0.4, -0.2) is 60.6 Å². The van der Waals surface area contributed by atoms with Gasteiger partial charge in [-0.15, -0.1) is 0 Å². The molecule has 4 heteroatoms. The summed E-state index contributed by atoms with van der Waals surface area (Å²) in [5, 5.41) is 0. The molecule has 3 saturated heterocycles. The van der Waals surface area contributed by atoms with Crippen molar-refractivity contribution >= 4 is 6.41 Å². The first kappa shape index (κ1) is 7.76. The lowest BCUT2D eigenvalue weighted by atomic mass is 10.1. The molecule has 3 rings (SSSR count). The Hall–Kier alpha value is -0.610. The van der Waals surface area contributed by atoms with Gasteiger partial charge in [0.1, 0.15) is 0 Å². The molecule has 72 valence electrons. The van der Waals surface area contributed by atoms with Crippen molar-refractivity contribution in [2.45, 2.75) is 30.7 Å². The number of morpholine rings is 1. The van der Waals surface area contributed by atoms with Crippen LogP contribution >= 0.6 is 0 Å². The van der Waals surface area contributed by atoms with E-state index in [-0.39, 0.29) is 6.10 Å². The summed E-state index contributed by atoms with van der Waals surface area (Å²) >= 11 is 0. The number of rotatable bonds is 2. The number of hydrogen-bond acceptors (Lipinski definition) is 3. The number of likely N-dealkylation sites (N-methyl/N-ethyl adjacent to an activating group) is 1. The van der Waals surface area contributed by atoms with E-state index < -0.39 is 0 Å². The van der Waals surface area contributed by atoms with Crippen LogP contribution in [0.2, 0.25) is 0 Å². The molecular weight excluding hydrogens is 168 g/mol. The van der Waals surface area contributed by atoms with Gasteiger partial charge in [0.15, 0.2) is 0 Å². The SMILES string of the molecule is CN(C=O)[C@@H]1C2[C@@H]3CCN2C[C@@H]1O3. The summed E-state index contributed by atoms with van der Waals surface area (Å²) in [5.41, 5.74) is 0. The topological polar surface area (TPSA) is 32.8 Å². The predicted molar refractivity (Wildman–Crippen MR) is 46.3 cm³/mol. The Morgan fingerprint density at radius 2 is 2.38 bits per heavy atom. The molecule has 0 aromatic rings. The summed E-state index contributed by atoms with van der Waals surface area (Å²) in [5.74, 6) is 0. The number of nitrogens with zero attached hydrogens (tertiary/aromatic N) is 2. The molecule has 4 nitrogen and oxygen atoms in total.